The van der Waals surface area contributed by atoms with Gasteiger partial charge in [0, 0.05) is 12.6 Å². The second-order valence-corrected chi connectivity index (χ2v) is 4.84. The van der Waals surface area contributed by atoms with Crippen LogP contribution in [0.25, 0.3) is 0 Å². The Morgan fingerprint density at radius 3 is 3.06 bits per heavy atom. The van der Waals surface area contributed by atoms with E-state index in [1.165, 1.54) is 0 Å². The Hall–Kier alpha value is -1.44. The Balaban J connectivity index is 1.81. The first-order valence-corrected chi connectivity index (χ1v) is 5.91. The average Bonchev–Trinajstić information content (AvgIpc) is 2.74. The molecule has 1 aromatic rings. The average molecular weight is 254 g/mol. The van der Waals surface area contributed by atoms with Gasteiger partial charge in [-0.3, -0.25) is 15.1 Å². The minimum absolute atomic E-state index is 0.131. The van der Waals surface area contributed by atoms with Crippen molar-refractivity contribution in [2.75, 3.05) is 13.6 Å². The number of hydrogen-bond donors (Lipinski definition) is 3. The van der Waals surface area contributed by atoms with E-state index in [0.29, 0.717) is 18.2 Å². The van der Waals surface area contributed by atoms with Crippen LogP contribution in [-0.2, 0) is 6.54 Å². The molecule has 1 aliphatic carbocycles. The minimum Gasteiger partial charge on any atom is -0.393 e. The number of nitrogen functional groups attached to an aromatic ring is 1. The first kappa shape index (κ1) is 13.0. The number of nitrogens with two attached hydrogens (primary N) is 1. The SMILES string of the molecule is CN(Cc1cc(C(=O)NN)no1)CC1CC(O)C1. The van der Waals surface area contributed by atoms with Gasteiger partial charge < -0.3 is 9.63 Å². The molecule has 1 amide bonds. The number of hydrazine groups is 1. The fraction of sp³-hybridized carbons (Fsp3) is 0.636. The van der Waals surface area contributed by atoms with E-state index in [2.05, 4.69) is 10.1 Å². The van der Waals surface area contributed by atoms with Gasteiger partial charge in [0.15, 0.2) is 11.5 Å². The van der Waals surface area contributed by atoms with Gasteiger partial charge in [-0.2, -0.15) is 0 Å². The summed E-state index contributed by atoms with van der Waals surface area (Å²) in [5.74, 6) is 5.70. The zero-order valence-electron chi connectivity index (χ0n) is 10.3. The summed E-state index contributed by atoms with van der Waals surface area (Å²) < 4.78 is 5.06. The topological polar surface area (TPSA) is 105 Å². The highest BCUT2D eigenvalue weighted by atomic mass is 16.5. The molecule has 2 rings (SSSR count). The number of aromatic nitrogens is 1. The van der Waals surface area contributed by atoms with Gasteiger partial charge in [0.2, 0.25) is 0 Å². The molecule has 1 heterocycles. The summed E-state index contributed by atoms with van der Waals surface area (Å²) in [7, 11) is 1.97. The summed E-state index contributed by atoms with van der Waals surface area (Å²) in [5.41, 5.74) is 2.18. The third-order valence-electron chi connectivity index (χ3n) is 3.13. The Morgan fingerprint density at radius 2 is 2.44 bits per heavy atom. The lowest BCUT2D eigenvalue weighted by atomic mass is 9.82. The van der Waals surface area contributed by atoms with E-state index < -0.39 is 5.91 Å². The van der Waals surface area contributed by atoms with E-state index >= 15 is 0 Å². The molecule has 18 heavy (non-hydrogen) atoms. The van der Waals surface area contributed by atoms with Crippen molar-refractivity contribution >= 4 is 5.91 Å². The number of carbonyl (C=O) groups excluding carboxylic acids is 1. The monoisotopic (exact) mass is 254 g/mol. The molecular weight excluding hydrogens is 236 g/mol. The van der Waals surface area contributed by atoms with Crippen LogP contribution in [0.3, 0.4) is 0 Å². The molecule has 1 aromatic heterocycles. The number of aliphatic hydroxyl groups excluding tert-OH is 1. The maximum atomic E-state index is 11.2. The molecule has 0 aromatic carbocycles. The number of nitrogens with zero attached hydrogens (tertiary/aromatic N) is 2. The van der Waals surface area contributed by atoms with Crippen LogP contribution in [0.1, 0.15) is 29.1 Å². The molecule has 7 heteroatoms. The highest BCUT2D eigenvalue weighted by Crippen LogP contribution is 2.27. The molecule has 1 aliphatic rings. The van der Waals surface area contributed by atoms with E-state index in [4.69, 9.17) is 10.4 Å². The zero-order chi connectivity index (χ0) is 13.1. The fourth-order valence-corrected chi connectivity index (χ4v) is 2.19. The lowest BCUT2D eigenvalue weighted by Gasteiger charge is -2.34. The third kappa shape index (κ3) is 3.06. The number of amides is 1. The van der Waals surface area contributed by atoms with Gasteiger partial charge in [0.1, 0.15) is 0 Å². The molecule has 0 spiro atoms. The summed E-state index contributed by atoms with van der Waals surface area (Å²) in [6.45, 7) is 1.48. The maximum absolute atomic E-state index is 11.2. The quantitative estimate of drug-likeness (QED) is 0.371. The van der Waals surface area contributed by atoms with Crippen molar-refractivity contribution in [3.63, 3.8) is 0 Å². The van der Waals surface area contributed by atoms with Crippen LogP contribution in [0.2, 0.25) is 0 Å². The van der Waals surface area contributed by atoms with Crippen molar-refractivity contribution in [3.05, 3.63) is 17.5 Å². The van der Waals surface area contributed by atoms with Crippen LogP contribution >= 0.6 is 0 Å². The van der Waals surface area contributed by atoms with Gasteiger partial charge in [-0.15, -0.1) is 0 Å². The van der Waals surface area contributed by atoms with Gasteiger partial charge >= 0.3 is 0 Å². The molecule has 1 saturated carbocycles. The molecule has 1 fully saturated rings. The van der Waals surface area contributed by atoms with Crippen molar-refractivity contribution in [3.8, 4) is 0 Å². The van der Waals surface area contributed by atoms with Crippen LogP contribution in [0.15, 0.2) is 10.6 Å². The Morgan fingerprint density at radius 1 is 1.72 bits per heavy atom. The Labute approximate surface area is 105 Å². The van der Waals surface area contributed by atoms with Gasteiger partial charge in [-0.1, -0.05) is 5.16 Å². The summed E-state index contributed by atoms with van der Waals surface area (Å²) in [6, 6.07) is 1.58. The van der Waals surface area contributed by atoms with Crippen molar-refractivity contribution in [1.82, 2.24) is 15.5 Å². The fourth-order valence-electron chi connectivity index (χ4n) is 2.19. The van der Waals surface area contributed by atoms with Gasteiger partial charge in [0.05, 0.1) is 12.6 Å². The lowest BCUT2D eigenvalue weighted by Crippen LogP contribution is -2.36. The summed E-state index contributed by atoms with van der Waals surface area (Å²) in [4.78, 5) is 13.3. The molecule has 7 nitrogen and oxygen atoms in total. The number of hydrogen-bond acceptors (Lipinski definition) is 6. The van der Waals surface area contributed by atoms with Crippen LogP contribution < -0.4 is 11.3 Å². The molecule has 0 atom stereocenters. The standard InChI is InChI=1S/C11H18N4O3/c1-15(5-7-2-8(16)3-7)6-9-4-10(14-18-9)11(17)13-12/h4,7-8,16H,2-3,5-6,12H2,1H3,(H,13,17). The molecule has 4 N–H and O–H groups in total. The number of carbonyl (C=O) groups is 1. The third-order valence-corrected chi connectivity index (χ3v) is 3.13. The maximum Gasteiger partial charge on any atom is 0.287 e. The minimum atomic E-state index is -0.463. The summed E-state index contributed by atoms with van der Waals surface area (Å²) in [5, 5.41) is 12.8. The first-order chi connectivity index (χ1) is 8.58. The molecular formula is C11H18N4O3. The van der Waals surface area contributed by atoms with Gasteiger partial charge in [-0.25, -0.2) is 5.84 Å². The molecule has 0 unspecified atom stereocenters. The van der Waals surface area contributed by atoms with Crippen LogP contribution in [0, 0.1) is 5.92 Å². The highest BCUT2D eigenvalue weighted by Gasteiger charge is 2.28. The first-order valence-electron chi connectivity index (χ1n) is 5.91. The highest BCUT2D eigenvalue weighted by molar-refractivity contribution is 5.91. The van der Waals surface area contributed by atoms with Crippen LogP contribution in [-0.4, -0.2) is 40.8 Å². The summed E-state index contributed by atoms with van der Waals surface area (Å²) in [6.07, 6.45) is 1.59. The van der Waals surface area contributed by atoms with E-state index in [-0.39, 0.29) is 11.8 Å². The van der Waals surface area contributed by atoms with Gasteiger partial charge in [0.25, 0.3) is 5.91 Å². The molecule has 0 aliphatic heterocycles. The van der Waals surface area contributed by atoms with E-state index in [1.807, 2.05) is 12.5 Å². The largest absolute Gasteiger partial charge is 0.393 e. The van der Waals surface area contributed by atoms with E-state index in [9.17, 15) is 9.90 Å². The lowest BCUT2D eigenvalue weighted by molar-refractivity contribution is 0.0264. The molecule has 0 bridgehead atoms. The zero-order valence-corrected chi connectivity index (χ0v) is 10.3. The number of aliphatic hydroxyl groups is 1. The van der Waals surface area contributed by atoms with Crippen molar-refractivity contribution in [1.29, 1.82) is 0 Å². The van der Waals surface area contributed by atoms with Crippen LogP contribution in [0.4, 0.5) is 0 Å². The number of nitrogens with one attached hydrogen (secondary N) is 1. The Bertz CT molecular complexity index is 414. The number of rotatable bonds is 5. The second kappa shape index (κ2) is 5.47. The van der Waals surface area contributed by atoms with Crippen molar-refractivity contribution in [2.24, 2.45) is 11.8 Å². The molecule has 0 radical (unpaired) electrons. The Kier molecular flexibility index (Phi) is 3.95. The predicted octanol–water partition coefficient (Wildman–Crippen LogP) is -0.519. The normalized spacial score (nSPS) is 22.9. The second-order valence-electron chi connectivity index (χ2n) is 4.84. The summed E-state index contributed by atoms with van der Waals surface area (Å²) >= 11 is 0. The van der Waals surface area contributed by atoms with Crippen molar-refractivity contribution in [2.45, 2.75) is 25.5 Å². The van der Waals surface area contributed by atoms with Crippen molar-refractivity contribution < 1.29 is 14.4 Å². The van der Waals surface area contributed by atoms with Crippen LogP contribution in [0.5, 0.6) is 0 Å². The smallest absolute Gasteiger partial charge is 0.287 e. The van der Waals surface area contributed by atoms with E-state index in [1.54, 1.807) is 6.07 Å². The van der Waals surface area contributed by atoms with Gasteiger partial charge in [-0.05, 0) is 25.8 Å². The molecule has 0 saturated heterocycles. The van der Waals surface area contributed by atoms with E-state index in [0.717, 1.165) is 19.4 Å². The predicted molar refractivity (Wildman–Crippen MR) is 63.2 cm³/mol. The molecule has 100 valence electrons.